The summed E-state index contributed by atoms with van der Waals surface area (Å²) in [7, 11) is 1.45. The van der Waals surface area contributed by atoms with Crippen LogP contribution >= 0.6 is 11.6 Å². The number of carbonyl (C=O) groups excluding carboxylic acids is 2. The van der Waals surface area contributed by atoms with Gasteiger partial charge in [0.25, 0.3) is 11.8 Å². The molecule has 2 N–H and O–H groups in total. The lowest BCUT2D eigenvalue weighted by molar-refractivity contribution is -0.119. The lowest BCUT2D eigenvalue weighted by Gasteiger charge is -2.36. The molecule has 0 unspecified atom stereocenters. The van der Waals surface area contributed by atoms with Crippen LogP contribution in [0.1, 0.15) is 37.6 Å². The summed E-state index contributed by atoms with van der Waals surface area (Å²) in [6, 6.07) is 3.12. The molecule has 1 heterocycles. The second-order valence-electron chi connectivity index (χ2n) is 8.19. The highest BCUT2D eigenvalue weighted by Gasteiger charge is 2.25. The third-order valence-corrected chi connectivity index (χ3v) is 4.95. The molecule has 0 aromatic heterocycles. The molecule has 1 aliphatic heterocycles. The number of methoxy groups -OCH3 is 1. The van der Waals surface area contributed by atoms with Crippen LogP contribution in [0.15, 0.2) is 12.1 Å². The monoisotopic (exact) mass is 411 g/mol. The van der Waals surface area contributed by atoms with Gasteiger partial charge in [0, 0.05) is 31.7 Å². The maximum absolute atomic E-state index is 12.9. The van der Waals surface area contributed by atoms with Crippen LogP contribution < -0.4 is 15.2 Å². The zero-order chi connectivity index (χ0) is 20.9. The molecule has 0 spiro atoms. The fourth-order valence-electron chi connectivity index (χ4n) is 2.98. The van der Waals surface area contributed by atoms with E-state index in [0.29, 0.717) is 29.8 Å². The minimum Gasteiger partial charge on any atom is -0.493 e. The van der Waals surface area contributed by atoms with Gasteiger partial charge in [-0.25, -0.2) is 0 Å². The van der Waals surface area contributed by atoms with Crippen molar-refractivity contribution in [2.24, 2.45) is 11.1 Å². The molecule has 0 bridgehead atoms. The van der Waals surface area contributed by atoms with E-state index in [2.05, 4.69) is 25.7 Å². The first-order chi connectivity index (χ1) is 13.1. The van der Waals surface area contributed by atoms with E-state index in [1.165, 1.54) is 13.2 Å². The molecule has 1 aliphatic rings. The Balaban J connectivity index is 2.02. The number of hydrogen-bond donors (Lipinski definition) is 1. The number of nitrogens with two attached hydrogens (primary N) is 1. The molecule has 1 fully saturated rings. The average molecular weight is 412 g/mol. The van der Waals surface area contributed by atoms with Gasteiger partial charge in [-0.2, -0.15) is 0 Å². The van der Waals surface area contributed by atoms with Gasteiger partial charge in [-0.3, -0.25) is 14.5 Å². The molecule has 1 aromatic rings. The fraction of sp³-hybridized carbons (Fsp3) is 0.600. The smallest absolute Gasteiger partial charge is 0.255 e. The lowest BCUT2D eigenvalue weighted by Crippen LogP contribution is -2.49. The minimum atomic E-state index is -0.623. The van der Waals surface area contributed by atoms with Gasteiger partial charge in [-0.15, -0.1) is 0 Å². The molecule has 0 radical (unpaired) electrons. The van der Waals surface area contributed by atoms with E-state index in [1.54, 1.807) is 6.07 Å². The molecule has 28 heavy (non-hydrogen) atoms. The van der Waals surface area contributed by atoms with Crippen LogP contribution in [0.25, 0.3) is 0 Å². The van der Waals surface area contributed by atoms with Crippen LogP contribution in [0.4, 0.5) is 0 Å². The molecule has 156 valence electrons. The van der Waals surface area contributed by atoms with Gasteiger partial charge in [0.05, 0.1) is 12.1 Å². The molecule has 0 atom stereocenters. The summed E-state index contributed by atoms with van der Waals surface area (Å²) in [6.45, 7) is 10.5. The van der Waals surface area contributed by atoms with Crippen LogP contribution in [-0.2, 0) is 4.79 Å². The zero-order valence-electron chi connectivity index (χ0n) is 17.1. The Morgan fingerprint density at radius 1 is 1.18 bits per heavy atom. The van der Waals surface area contributed by atoms with Crippen molar-refractivity contribution >= 4 is 23.4 Å². The molecule has 2 amide bonds. The van der Waals surface area contributed by atoms with Gasteiger partial charge in [0.2, 0.25) is 0 Å². The number of primary amides is 1. The van der Waals surface area contributed by atoms with Crippen molar-refractivity contribution < 1.29 is 19.1 Å². The quantitative estimate of drug-likeness (QED) is 0.744. The summed E-state index contributed by atoms with van der Waals surface area (Å²) in [6.07, 6.45) is 1.13. The van der Waals surface area contributed by atoms with Crippen LogP contribution in [0.3, 0.4) is 0 Å². The number of ether oxygens (including phenoxy) is 2. The van der Waals surface area contributed by atoms with Gasteiger partial charge in [0.15, 0.2) is 18.1 Å². The third-order valence-electron chi connectivity index (χ3n) is 4.67. The van der Waals surface area contributed by atoms with E-state index < -0.39 is 5.91 Å². The van der Waals surface area contributed by atoms with Crippen molar-refractivity contribution in [3.8, 4) is 11.5 Å². The van der Waals surface area contributed by atoms with Gasteiger partial charge in [-0.05, 0) is 30.5 Å². The van der Waals surface area contributed by atoms with Crippen LogP contribution in [0.2, 0.25) is 5.02 Å². The van der Waals surface area contributed by atoms with Crippen LogP contribution in [0.5, 0.6) is 11.5 Å². The Morgan fingerprint density at radius 3 is 2.36 bits per heavy atom. The first-order valence-electron chi connectivity index (χ1n) is 9.41. The average Bonchev–Trinajstić information content (AvgIpc) is 2.63. The van der Waals surface area contributed by atoms with Crippen LogP contribution in [0, 0.1) is 5.41 Å². The van der Waals surface area contributed by atoms with Gasteiger partial charge in [-0.1, -0.05) is 32.4 Å². The van der Waals surface area contributed by atoms with Gasteiger partial charge >= 0.3 is 0 Å². The van der Waals surface area contributed by atoms with Crippen molar-refractivity contribution in [3.63, 3.8) is 0 Å². The molecule has 0 saturated carbocycles. The minimum absolute atomic E-state index is 0.0999. The molecule has 0 aliphatic carbocycles. The molecule has 1 saturated heterocycles. The SMILES string of the molecule is COc1cc(C(=O)N2CCN(CCC(C)(C)C)CC2)cc(Cl)c1OCC(N)=O. The Kier molecular flexibility index (Phi) is 7.55. The summed E-state index contributed by atoms with van der Waals surface area (Å²) in [4.78, 5) is 28.1. The Hall–Kier alpha value is -1.99. The number of rotatable bonds is 7. The standard InChI is InChI=1S/C20H30ClN3O4/c1-20(2,3)5-6-23-7-9-24(10-8-23)19(26)14-11-15(21)18(16(12-14)27-4)28-13-17(22)25/h11-12H,5-10,13H2,1-4H3,(H2,22,25). The van der Waals surface area contributed by atoms with E-state index >= 15 is 0 Å². The number of hydrogen-bond acceptors (Lipinski definition) is 5. The van der Waals surface area contributed by atoms with Crippen molar-refractivity contribution in [1.82, 2.24) is 9.80 Å². The summed E-state index contributed by atoms with van der Waals surface area (Å²) < 4.78 is 10.6. The Morgan fingerprint density at radius 2 is 1.82 bits per heavy atom. The van der Waals surface area contributed by atoms with E-state index in [0.717, 1.165) is 26.1 Å². The largest absolute Gasteiger partial charge is 0.493 e. The Bertz CT molecular complexity index is 710. The number of piperazine rings is 1. The highest BCUT2D eigenvalue weighted by Crippen LogP contribution is 2.36. The number of amides is 2. The van der Waals surface area contributed by atoms with Crippen molar-refractivity contribution in [2.75, 3.05) is 46.4 Å². The molecular formula is C20H30ClN3O4. The van der Waals surface area contributed by atoms with Crippen molar-refractivity contribution in [2.45, 2.75) is 27.2 Å². The van der Waals surface area contributed by atoms with E-state index in [9.17, 15) is 9.59 Å². The maximum Gasteiger partial charge on any atom is 0.255 e. The predicted molar refractivity (Wildman–Crippen MR) is 109 cm³/mol. The summed E-state index contributed by atoms with van der Waals surface area (Å²) in [5, 5.41) is 0.202. The number of halogens is 1. The highest BCUT2D eigenvalue weighted by molar-refractivity contribution is 6.32. The van der Waals surface area contributed by atoms with Gasteiger partial charge in [0.1, 0.15) is 0 Å². The summed E-state index contributed by atoms with van der Waals surface area (Å²) >= 11 is 6.25. The molecule has 7 nitrogen and oxygen atoms in total. The number of nitrogens with zero attached hydrogens (tertiary/aromatic N) is 2. The molecule has 1 aromatic carbocycles. The topological polar surface area (TPSA) is 85.1 Å². The van der Waals surface area contributed by atoms with E-state index in [1.807, 2.05) is 4.90 Å². The first-order valence-corrected chi connectivity index (χ1v) is 9.79. The predicted octanol–water partition coefficient (Wildman–Crippen LogP) is 2.41. The van der Waals surface area contributed by atoms with Gasteiger partial charge < -0.3 is 20.1 Å². The maximum atomic E-state index is 12.9. The van der Waals surface area contributed by atoms with Crippen molar-refractivity contribution in [3.05, 3.63) is 22.7 Å². The molecular weight excluding hydrogens is 382 g/mol. The van der Waals surface area contributed by atoms with E-state index in [4.69, 9.17) is 26.8 Å². The number of benzene rings is 1. The summed E-state index contributed by atoms with van der Waals surface area (Å²) in [5.41, 5.74) is 5.83. The first kappa shape index (κ1) is 22.3. The highest BCUT2D eigenvalue weighted by atomic mass is 35.5. The Labute approximate surface area is 171 Å². The molecule has 8 heteroatoms. The van der Waals surface area contributed by atoms with E-state index in [-0.39, 0.29) is 23.3 Å². The third kappa shape index (κ3) is 6.27. The van der Waals surface area contributed by atoms with Crippen molar-refractivity contribution in [1.29, 1.82) is 0 Å². The normalized spacial score (nSPS) is 15.4. The zero-order valence-corrected chi connectivity index (χ0v) is 17.8. The molecule has 2 rings (SSSR count). The lowest BCUT2D eigenvalue weighted by atomic mass is 9.92. The fourth-order valence-corrected chi connectivity index (χ4v) is 3.24. The second kappa shape index (κ2) is 9.47. The summed E-state index contributed by atoms with van der Waals surface area (Å²) in [5.74, 6) is -0.229. The number of carbonyl (C=O) groups is 2. The van der Waals surface area contributed by atoms with Crippen LogP contribution in [-0.4, -0.2) is 68.1 Å². The second-order valence-corrected chi connectivity index (χ2v) is 8.60.